The number of amides is 2. The molecule has 1 aliphatic rings. The van der Waals surface area contributed by atoms with Crippen molar-refractivity contribution in [2.75, 3.05) is 6.54 Å². The van der Waals surface area contributed by atoms with Crippen molar-refractivity contribution < 1.29 is 9.59 Å². The maximum Gasteiger partial charge on any atom is 0.317 e. The molecule has 0 aromatic heterocycles. The number of hydrogen-bond donors (Lipinski definition) is 1. The minimum Gasteiger partial charge on any atom is -0.334 e. The van der Waals surface area contributed by atoms with Crippen LogP contribution in [0, 0.1) is 5.92 Å². The molecule has 2 amide bonds. The van der Waals surface area contributed by atoms with Crippen molar-refractivity contribution in [3.63, 3.8) is 0 Å². The summed E-state index contributed by atoms with van der Waals surface area (Å²) < 4.78 is 0. The van der Waals surface area contributed by atoms with Gasteiger partial charge in [0.2, 0.25) is 0 Å². The van der Waals surface area contributed by atoms with Gasteiger partial charge in [-0.1, -0.05) is 30.3 Å². The Labute approximate surface area is 126 Å². The Kier molecular flexibility index (Phi) is 4.99. The van der Waals surface area contributed by atoms with E-state index >= 15 is 0 Å². The molecule has 1 fully saturated rings. The molecule has 0 spiro atoms. The first-order chi connectivity index (χ1) is 10.0. The van der Waals surface area contributed by atoms with Crippen LogP contribution in [-0.2, 0) is 11.2 Å². The summed E-state index contributed by atoms with van der Waals surface area (Å²) in [7, 11) is 0. The van der Waals surface area contributed by atoms with Crippen molar-refractivity contribution in [3.8, 4) is 0 Å². The molecule has 1 aliphatic heterocycles. The quantitative estimate of drug-likeness (QED) is 0.905. The SMILES string of the molecule is CCN1C(=O)N[C@@H](CCc2ccccc2)[C@@H](C(C)=O)[C@H]1C. The predicted molar refractivity (Wildman–Crippen MR) is 83.1 cm³/mol. The van der Waals surface area contributed by atoms with Crippen molar-refractivity contribution >= 4 is 11.8 Å². The molecule has 0 aliphatic carbocycles. The average molecular weight is 288 g/mol. The molecule has 1 saturated heterocycles. The summed E-state index contributed by atoms with van der Waals surface area (Å²) >= 11 is 0. The molecule has 1 aromatic carbocycles. The van der Waals surface area contributed by atoms with E-state index in [2.05, 4.69) is 17.4 Å². The van der Waals surface area contributed by atoms with E-state index in [4.69, 9.17) is 0 Å². The Morgan fingerprint density at radius 2 is 1.95 bits per heavy atom. The van der Waals surface area contributed by atoms with Crippen molar-refractivity contribution in [1.82, 2.24) is 10.2 Å². The number of nitrogens with zero attached hydrogens (tertiary/aromatic N) is 1. The van der Waals surface area contributed by atoms with Crippen LogP contribution >= 0.6 is 0 Å². The first-order valence-electron chi connectivity index (χ1n) is 7.66. The first kappa shape index (κ1) is 15.5. The van der Waals surface area contributed by atoms with E-state index in [0.29, 0.717) is 6.54 Å². The van der Waals surface area contributed by atoms with Crippen LogP contribution in [0.3, 0.4) is 0 Å². The average Bonchev–Trinajstić information content (AvgIpc) is 2.45. The number of urea groups is 1. The molecule has 4 heteroatoms. The third-order valence-electron chi connectivity index (χ3n) is 4.41. The number of carbonyl (C=O) groups is 2. The van der Waals surface area contributed by atoms with Crippen LogP contribution in [0.1, 0.15) is 32.8 Å². The zero-order valence-electron chi connectivity index (χ0n) is 13.0. The second-order valence-electron chi connectivity index (χ2n) is 5.74. The number of benzene rings is 1. The van der Waals surface area contributed by atoms with Crippen molar-refractivity contribution in [2.45, 2.75) is 45.7 Å². The van der Waals surface area contributed by atoms with E-state index in [1.165, 1.54) is 5.56 Å². The second kappa shape index (κ2) is 6.74. The van der Waals surface area contributed by atoms with Gasteiger partial charge in [-0.05, 0) is 39.2 Å². The highest BCUT2D eigenvalue weighted by Gasteiger charge is 2.40. The molecule has 0 radical (unpaired) electrons. The summed E-state index contributed by atoms with van der Waals surface area (Å²) in [6, 6.07) is 10.0. The largest absolute Gasteiger partial charge is 0.334 e. The van der Waals surface area contributed by atoms with Crippen LogP contribution in [0.25, 0.3) is 0 Å². The zero-order chi connectivity index (χ0) is 15.4. The van der Waals surface area contributed by atoms with Gasteiger partial charge in [-0.2, -0.15) is 0 Å². The van der Waals surface area contributed by atoms with E-state index < -0.39 is 0 Å². The molecule has 1 heterocycles. The molecule has 1 aromatic rings. The number of carbonyl (C=O) groups excluding carboxylic acids is 2. The fourth-order valence-corrected chi connectivity index (χ4v) is 3.32. The maximum atomic E-state index is 12.1. The lowest BCUT2D eigenvalue weighted by Gasteiger charge is -2.43. The number of Topliss-reactive ketones (excluding diaryl/α,β-unsaturated/α-hetero) is 1. The van der Waals surface area contributed by atoms with E-state index in [9.17, 15) is 9.59 Å². The topological polar surface area (TPSA) is 49.4 Å². The summed E-state index contributed by atoms with van der Waals surface area (Å²) in [6.07, 6.45) is 1.66. The van der Waals surface area contributed by atoms with E-state index in [-0.39, 0.29) is 29.8 Å². The van der Waals surface area contributed by atoms with Crippen LogP contribution < -0.4 is 5.32 Å². The highest BCUT2D eigenvalue weighted by atomic mass is 16.2. The normalized spacial score (nSPS) is 25.6. The Morgan fingerprint density at radius 3 is 2.52 bits per heavy atom. The smallest absolute Gasteiger partial charge is 0.317 e. The zero-order valence-corrected chi connectivity index (χ0v) is 13.0. The maximum absolute atomic E-state index is 12.1. The Hall–Kier alpha value is -1.84. The van der Waals surface area contributed by atoms with Gasteiger partial charge in [-0.3, -0.25) is 4.79 Å². The third-order valence-corrected chi connectivity index (χ3v) is 4.41. The molecule has 0 saturated carbocycles. The van der Waals surface area contributed by atoms with Crippen LogP contribution in [0.2, 0.25) is 0 Å². The molecule has 4 nitrogen and oxygen atoms in total. The van der Waals surface area contributed by atoms with Gasteiger partial charge in [-0.25, -0.2) is 4.79 Å². The summed E-state index contributed by atoms with van der Waals surface area (Å²) in [6.45, 7) is 6.17. The van der Waals surface area contributed by atoms with Crippen LogP contribution in [-0.4, -0.2) is 35.3 Å². The van der Waals surface area contributed by atoms with Crippen molar-refractivity contribution in [3.05, 3.63) is 35.9 Å². The Bertz CT molecular complexity index is 501. The standard InChI is InChI=1S/C17H24N2O2/c1-4-19-12(2)16(13(3)20)15(18-17(19)21)11-10-14-8-6-5-7-9-14/h5-9,12,15-16H,4,10-11H2,1-3H3,(H,18,21)/t12-,15+,16-/m1/s1. The predicted octanol–water partition coefficient (Wildman–Crippen LogP) is 2.63. The summed E-state index contributed by atoms with van der Waals surface area (Å²) in [5.74, 6) is 0.0189. The molecule has 114 valence electrons. The van der Waals surface area contributed by atoms with Gasteiger partial charge in [0.15, 0.2) is 0 Å². The van der Waals surface area contributed by atoms with E-state index in [1.54, 1.807) is 11.8 Å². The Balaban J connectivity index is 2.09. The van der Waals surface area contributed by atoms with Crippen LogP contribution in [0.5, 0.6) is 0 Å². The lowest BCUT2D eigenvalue weighted by Crippen LogP contribution is -2.62. The molecule has 3 atom stereocenters. The third kappa shape index (κ3) is 3.43. The molecule has 0 unspecified atom stereocenters. The van der Waals surface area contributed by atoms with Crippen LogP contribution in [0.4, 0.5) is 4.79 Å². The highest BCUT2D eigenvalue weighted by molar-refractivity contribution is 5.84. The van der Waals surface area contributed by atoms with Crippen LogP contribution in [0.15, 0.2) is 30.3 Å². The molecule has 21 heavy (non-hydrogen) atoms. The second-order valence-corrected chi connectivity index (χ2v) is 5.74. The molecule has 2 rings (SSSR count). The van der Waals surface area contributed by atoms with Gasteiger partial charge in [0.05, 0.1) is 5.92 Å². The van der Waals surface area contributed by atoms with Gasteiger partial charge in [0.1, 0.15) is 5.78 Å². The fraction of sp³-hybridized carbons (Fsp3) is 0.529. The summed E-state index contributed by atoms with van der Waals surface area (Å²) in [5, 5.41) is 3.02. The van der Waals surface area contributed by atoms with Gasteiger partial charge >= 0.3 is 6.03 Å². The van der Waals surface area contributed by atoms with E-state index in [0.717, 1.165) is 12.8 Å². The minimum atomic E-state index is -0.133. The van der Waals surface area contributed by atoms with Gasteiger partial charge < -0.3 is 10.2 Å². The van der Waals surface area contributed by atoms with Gasteiger partial charge in [-0.15, -0.1) is 0 Å². The number of aryl methyl sites for hydroxylation is 1. The molecular weight excluding hydrogens is 264 g/mol. The van der Waals surface area contributed by atoms with Crippen molar-refractivity contribution in [2.24, 2.45) is 5.92 Å². The highest BCUT2D eigenvalue weighted by Crippen LogP contribution is 2.24. The minimum absolute atomic E-state index is 0.0398. The number of nitrogens with one attached hydrogen (secondary N) is 1. The fourth-order valence-electron chi connectivity index (χ4n) is 3.32. The first-order valence-corrected chi connectivity index (χ1v) is 7.66. The number of hydrogen-bond acceptors (Lipinski definition) is 2. The lowest BCUT2D eigenvalue weighted by molar-refractivity contribution is -0.124. The summed E-state index contributed by atoms with van der Waals surface area (Å²) in [5.41, 5.74) is 1.24. The molecule has 1 N–H and O–H groups in total. The van der Waals surface area contributed by atoms with E-state index in [1.807, 2.05) is 32.0 Å². The molecule has 0 bridgehead atoms. The Morgan fingerprint density at radius 1 is 1.29 bits per heavy atom. The van der Waals surface area contributed by atoms with Gasteiger partial charge in [0.25, 0.3) is 0 Å². The van der Waals surface area contributed by atoms with Gasteiger partial charge in [0, 0.05) is 18.6 Å². The summed E-state index contributed by atoms with van der Waals surface area (Å²) in [4.78, 5) is 25.9. The number of ketones is 1. The molecular formula is C17H24N2O2. The number of rotatable bonds is 5. The van der Waals surface area contributed by atoms with Crippen molar-refractivity contribution in [1.29, 1.82) is 0 Å². The lowest BCUT2D eigenvalue weighted by atomic mass is 9.83. The monoisotopic (exact) mass is 288 g/mol.